The standard InChI is InChI=1S/C39H49N7O5/c1-38(2,3)51-37(49)44-19-17-43(18-20-44)36(48)39(4,5)50-34-21-33(13-12-29(34)22-40)45-16-6-7-30(26-45)35(47)46(32-14-15-32)25-27-8-10-28(11-9-27)31-23-41-42-24-31/h8-13,21,23-24,30,32H,6-7,14-20,25-26H2,1-5H3,(H,41,42)/t30-/m1/s1. The molecule has 1 aliphatic carbocycles. The second-order valence-electron chi connectivity index (χ2n) is 15.3. The van der Waals surface area contributed by atoms with Gasteiger partial charge in [0.1, 0.15) is 17.4 Å². The van der Waals surface area contributed by atoms with Crippen molar-refractivity contribution in [3.8, 4) is 22.9 Å². The zero-order valence-corrected chi connectivity index (χ0v) is 30.4. The van der Waals surface area contributed by atoms with E-state index >= 15 is 0 Å². The first-order chi connectivity index (χ1) is 24.3. The average Bonchev–Trinajstić information content (AvgIpc) is 3.81. The quantitative estimate of drug-likeness (QED) is 0.306. The van der Waals surface area contributed by atoms with Crippen molar-refractivity contribution in [2.45, 2.75) is 84.1 Å². The number of carbonyl (C=O) groups excluding carboxylic acids is 3. The van der Waals surface area contributed by atoms with Gasteiger partial charge in [-0.3, -0.25) is 14.7 Å². The molecule has 2 saturated heterocycles. The summed E-state index contributed by atoms with van der Waals surface area (Å²) < 4.78 is 11.8. The molecule has 2 aliphatic heterocycles. The molecule has 1 saturated carbocycles. The summed E-state index contributed by atoms with van der Waals surface area (Å²) in [6.45, 7) is 12.2. The largest absolute Gasteiger partial charge is 0.477 e. The lowest BCUT2D eigenvalue weighted by atomic mass is 9.95. The van der Waals surface area contributed by atoms with Crippen molar-refractivity contribution in [3.05, 3.63) is 66.0 Å². The van der Waals surface area contributed by atoms with Gasteiger partial charge in [0.05, 0.1) is 17.7 Å². The highest BCUT2D eigenvalue weighted by atomic mass is 16.6. The minimum absolute atomic E-state index is 0.151. The predicted octanol–water partition coefficient (Wildman–Crippen LogP) is 5.59. The van der Waals surface area contributed by atoms with Crippen LogP contribution in [0.2, 0.25) is 0 Å². The van der Waals surface area contributed by atoms with Gasteiger partial charge in [-0.05, 0) is 83.6 Å². The molecule has 51 heavy (non-hydrogen) atoms. The number of aromatic nitrogens is 2. The molecule has 1 N–H and O–H groups in total. The average molecular weight is 696 g/mol. The molecule has 0 unspecified atom stereocenters. The molecule has 6 rings (SSSR count). The first-order valence-electron chi connectivity index (χ1n) is 18.0. The zero-order chi connectivity index (χ0) is 36.3. The number of rotatable bonds is 9. The highest BCUT2D eigenvalue weighted by Crippen LogP contribution is 2.35. The smallest absolute Gasteiger partial charge is 0.410 e. The summed E-state index contributed by atoms with van der Waals surface area (Å²) in [7, 11) is 0. The van der Waals surface area contributed by atoms with Crippen LogP contribution in [0.3, 0.4) is 0 Å². The Balaban J connectivity index is 1.10. The lowest BCUT2D eigenvalue weighted by molar-refractivity contribution is -0.147. The number of ether oxygens (including phenoxy) is 2. The lowest BCUT2D eigenvalue weighted by Gasteiger charge is -2.39. The van der Waals surface area contributed by atoms with E-state index in [0.29, 0.717) is 50.6 Å². The Morgan fingerprint density at radius 3 is 2.27 bits per heavy atom. The van der Waals surface area contributed by atoms with Gasteiger partial charge in [0.2, 0.25) is 5.91 Å². The van der Waals surface area contributed by atoms with Crippen LogP contribution in [-0.4, -0.2) is 99.3 Å². The minimum atomic E-state index is -1.26. The number of carbonyl (C=O) groups is 3. The second-order valence-corrected chi connectivity index (χ2v) is 15.3. The van der Waals surface area contributed by atoms with Crippen LogP contribution in [0.5, 0.6) is 5.75 Å². The fraction of sp³-hybridized carbons (Fsp3) is 0.513. The Morgan fingerprint density at radius 1 is 0.941 bits per heavy atom. The monoisotopic (exact) mass is 695 g/mol. The summed E-state index contributed by atoms with van der Waals surface area (Å²) in [6.07, 6.45) is 7.01. The minimum Gasteiger partial charge on any atom is -0.477 e. The number of nitrogens with zero attached hydrogens (tertiary/aromatic N) is 6. The molecule has 3 amide bonds. The van der Waals surface area contributed by atoms with Gasteiger partial charge in [0.15, 0.2) is 5.60 Å². The van der Waals surface area contributed by atoms with Crippen LogP contribution in [0, 0.1) is 17.2 Å². The van der Waals surface area contributed by atoms with Crippen LogP contribution in [0.1, 0.15) is 71.4 Å². The van der Waals surface area contributed by atoms with Gasteiger partial charge in [0, 0.05) is 75.4 Å². The van der Waals surface area contributed by atoms with E-state index in [1.54, 1.807) is 35.9 Å². The van der Waals surface area contributed by atoms with Gasteiger partial charge in [-0.25, -0.2) is 4.79 Å². The molecule has 0 radical (unpaired) electrons. The molecule has 3 aromatic rings. The van der Waals surface area contributed by atoms with Crippen molar-refractivity contribution >= 4 is 23.6 Å². The van der Waals surface area contributed by atoms with Crippen molar-refractivity contribution in [1.29, 1.82) is 5.26 Å². The molecule has 0 bridgehead atoms. The third kappa shape index (κ3) is 8.64. The Morgan fingerprint density at radius 2 is 1.65 bits per heavy atom. The summed E-state index contributed by atoms with van der Waals surface area (Å²) in [5.74, 6) is 0.139. The molecule has 1 aromatic heterocycles. The third-order valence-corrected chi connectivity index (χ3v) is 9.73. The third-order valence-electron chi connectivity index (χ3n) is 9.73. The van der Waals surface area contributed by atoms with Crippen LogP contribution in [-0.2, 0) is 20.9 Å². The Bertz CT molecular complexity index is 1750. The number of hydrogen-bond donors (Lipinski definition) is 1. The zero-order valence-electron chi connectivity index (χ0n) is 30.4. The maximum atomic E-state index is 14.1. The highest BCUT2D eigenvalue weighted by molar-refractivity contribution is 5.85. The lowest BCUT2D eigenvalue weighted by Crippen LogP contribution is -2.57. The molecule has 1 atom stereocenters. The number of nitriles is 1. The first kappa shape index (κ1) is 35.8. The number of hydrogen-bond acceptors (Lipinski definition) is 8. The molecule has 0 spiro atoms. The maximum absolute atomic E-state index is 14.1. The van der Waals surface area contributed by atoms with E-state index in [4.69, 9.17) is 9.47 Å². The Kier molecular flexibility index (Phi) is 10.3. The molecule has 3 heterocycles. The number of H-pyrrole nitrogens is 1. The van der Waals surface area contributed by atoms with Crippen LogP contribution < -0.4 is 9.64 Å². The maximum Gasteiger partial charge on any atom is 0.410 e. The highest BCUT2D eigenvalue weighted by Gasteiger charge is 2.39. The predicted molar refractivity (Wildman–Crippen MR) is 193 cm³/mol. The van der Waals surface area contributed by atoms with Gasteiger partial charge in [-0.1, -0.05) is 24.3 Å². The number of piperidine rings is 1. The molecule has 3 aliphatic rings. The number of benzene rings is 2. The number of amides is 3. The number of aromatic amines is 1. The number of nitrogens with one attached hydrogen (secondary N) is 1. The van der Waals surface area contributed by atoms with E-state index in [1.165, 1.54) is 0 Å². The van der Waals surface area contributed by atoms with Crippen molar-refractivity contribution in [2.75, 3.05) is 44.2 Å². The second kappa shape index (κ2) is 14.7. The van der Waals surface area contributed by atoms with Gasteiger partial charge < -0.3 is 29.1 Å². The van der Waals surface area contributed by atoms with Gasteiger partial charge in [0.25, 0.3) is 5.91 Å². The van der Waals surface area contributed by atoms with E-state index in [9.17, 15) is 19.6 Å². The van der Waals surface area contributed by atoms with E-state index in [0.717, 1.165) is 54.6 Å². The summed E-state index contributed by atoms with van der Waals surface area (Å²) in [5.41, 5.74) is 2.54. The van der Waals surface area contributed by atoms with Crippen LogP contribution in [0.25, 0.3) is 11.1 Å². The van der Waals surface area contributed by atoms with Crippen molar-refractivity contribution in [1.82, 2.24) is 24.9 Å². The Labute approximate surface area is 300 Å². The summed E-state index contributed by atoms with van der Waals surface area (Å²) in [4.78, 5) is 47.8. The van der Waals surface area contributed by atoms with Crippen LogP contribution in [0.15, 0.2) is 54.9 Å². The molecule has 12 nitrogen and oxygen atoms in total. The summed E-state index contributed by atoms with van der Waals surface area (Å²) in [5, 5.41) is 16.8. The van der Waals surface area contributed by atoms with Crippen molar-refractivity contribution in [3.63, 3.8) is 0 Å². The molecule has 2 aromatic carbocycles. The summed E-state index contributed by atoms with van der Waals surface area (Å²) >= 11 is 0. The normalized spacial score (nSPS) is 18.2. The van der Waals surface area contributed by atoms with Crippen molar-refractivity contribution in [2.24, 2.45) is 5.92 Å². The van der Waals surface area contributed by atoms with Crippen LogP contribution in [0.4, 0.5) is 10.5 Å². The number of piperazine rings is 1. The van der Waals surface area contributed by atoms with Crippen LogP contribution >= 0.6 is 0 Å². The SMILES string of the molecule is CC(C)(C)OC(=O)N1CCN(C(=O)C(C)(C)Oc2cc(N3CCC[C@@H](C(=O)N(Cc4ccc(-c5cn[nH]c5)cc4)C4CC4)C3)ccc2C#N)CC1. The topological polar surface area (TPSA) is 135 Å². The van der Waals surface area contributed by atoms with E-state index < -0.39 is 11.2 Å². The van der Waals surface area contributed by atoms with E-state index in [1.807, 2.05) is 39.1 Å². The summed E-state index contributed by atoms with van der Waals surface area (Å²) in [6, 6.07) is 16.2. The number of anilines is 1. The fourth-order valence-electron chi connectivity index (χ4n) is 6.83. The molecular weight excluding hydrogens is 646 g/mol. The molecular formula is C39H49N7O5. The van der Waals surface area contributed by atoms with Gasteiger partial charge in [-0.15, -0.1) is 0 Å². The Hall–Kier alpha value is -5.05. The first-order valence-corrected chi connectivity index (χ1v) is 18.0. The van der Waals surface area contributed by atoms with E-state index in [2.05, 4.69) is 50.3 Å². The van der Waals surface area contributed by atoms with Gasteiger partial charge in [-0.2, -0.15) is 10.4 Å². The van der Waals surface area contributed by atoms with E-state index in [-0.39, 0.29) is 29.9 Å². The molecule has 270 valence electrons. The molecule has 3 fully saturated rings. The van der Waals surface area contributed by atoms with Crippen molar-refractivity contribution < 1.29 is 23.9 Å². The molecule has 12 heteroatoms. The fourth-order valence-corrected chi connectivity index (χ4v) is 6.83. The van der Waals surface area contributed by atoms with Gasteiger partial charge >= 0.3 is 6.09 Å².